The zero-order chi connectivity index (χ0) is 18.8. The minimum absolute atomic E-state index is 0. The Hall–Kier alpha value is -2.32. The minimum Gasteiger partial charge on any atom is -0.495 e. The van der Waals surface area contributed by atoms with Crippen molar-refractivity contribution in [3.05, 3.63) is 23.8 Å². The third-order valence-corrected chi connectivity index (χ3v) is 3.46. The van der Waals surface area contributed by atoms with Crippen molar-refractivity contribution in [2.24, 2.45) is 0 Å². The van der Waals surface area contributed by atoms with Gasteiger partial charge in [0.05, 0.1) is 25.9 Å². The SMILES string of the molecule is CCCC(NCC(=O)NCC(=O)Nc1cc(C)ccc1OC)C(=O)O.Cl. The number of carbonyl (C=O) groups excluding carboxylic acids is 2. The smallest absolute Gasteiger partial charge is 0.320 e. The lowest BCUT2D eigenvalue weighted by molar-refractivity contribution is -0.139. The molecule has 1 aromatic rings. The van der Waals surface area contributed by atoms with Gasteiger partial charge < -0.3 is 20.5 Å². The van der Waals surface area contributed by atoms with Crippen molar-refractivity contribution in [1.29, 1.82) is 0 Å². The van der Waals surface area contributed by atoms with Crippen LogP contribution in [-0.4, -0.2) is 49.1 Å². The lowest BCUT2D eigenvalue weighted by atomic mass is 10.2. The summed E-state index contributed by atoms with van der Waals surface area (Å²) in [5, 5.41) is 16.8. The van der Waals surface area contributed by atoms with Crippen LogP contribution >= 0.6 is 12.4 Å². The van der Waals surface area contributed by atoms with Crippen LogP contribution in [-0.2, 0) is 14.4 Å². The second-order valence-electron chi connectivity index (χ2n) is 5.59. The molecule has 0 fully saturated rings. The van der Waals surface area contributed by atoms with Gasteiger partial charge in [0.25, 0.3) is 0 Å². The molecule has 146 valence electrons. The summed E-state index contributed by atoms with van der Waals surface area (Å²) in [7, 11) is 1.50. The van der Waals surface area contributed by atoms with Crippen LogP contribution in [0.3, 0.4) is 0 Å². The number of carboxylic acid groups (broad SMARTS) is 1. The predicted octanol–water partition coefficient (Wildman–Crippen LogP) is 1.32. The lowest BCUT2D eigenvalue weighted by Crippen LogP contribution is -2.44. The molecule has 0 aliphatic carbocycles. The van der Waals surface area contributed by atoms with E-state index in [1.54, 1.807) is 12.1 Å². The molecule has 1 unspecified atom stereocenters. The normalized spacial score (nSPS) is 11.0. The van der Waals surface area contributed by atoms with Crippen LogP contribution in [0.1, 0.15) is 25.3 Å². The molecule has 8 nitrogen and oxygen atoms in total. The molecule has 0 aromatic heterocycles. The number of methoxy groups -OCH3 is 1. The molecule has 0 aliphatic rings. The standard InChI is InChI=1S/C17H25N3O5.ClH/c1-4-5-12(17(23)24)18-9-15(21)19-10-16(22)20-13-8-11(2)6-7-14(13)25-3;/h6-8,12,18H,4-5,9-10H2,1-3H3,(H,19,21)(H,20,22)(H,23,24);1H. The number of anilines is 1. The van der Waals surface area contributed by atoms with E-state index in [0.717, 1.165) is 5.56 Å². The quantitative estimate of drug-likeness (QED) is 0.481. The number of halogens is 1. The molecular formula is C17H26ClN3O5. The van der Waals surface area contributed by atoms with Crippen molar-refractivity contribution in [2.75, 3.05) is 25.5 Å². The summed E-state index contributed by atoms with van der Waals surface area (Å²) in [6.45, 7) is 3.36. The second-order valence-corrected chi connectivity index (χ2v) is 5.59. The van der Waals surface area contributed by atoms with Gasteiger partial charge in [-0.1, -0.05) is 19.4 Å². The molecule has 0 radical (unpaired) electrons. The molecule has 1 atom stereocenters. The monoisotopic (exact) mass is 387 g/mol. The maximum atomic E-state index is 11.9. The van der Waals surface area contributed by atoms with E-state index in [2.05, 4.69) is 16.0 Å². The van der Waals surface area contributed by atoms with Crippen molar-refractivity contribution >= 4 is 35.9 Å². The van der Waals surface area contributed by atoms with Crippen LogP contribution in [0.4, 0.5) is 5.69 Å². The van der Waals surface area contributed by atoms with Gasteiger partial charge in [0, 0.05) is 0 Å². The zero-order valence-electron chi connectivity index (χ0n) is 15.1. The van der Waals surface area contributed by atoms with E-state index in [0.29, 0.717) is 24.3 Å². The van der Waals surface area contributed by atoms with Crippen LogP contribution in [0.25, 0.3) is 0 Å². The molecule has 0 aliphatic heterocycles. The average Bonchev–Trinajstić information content (AvgIpc) is 2.56. The third-order valence-electron chi connectivity index (χ3n) is 3.46. The van der Waals surface area contributed by atoms with Crippen molar-refractivity contribution in [2.45, 2.75) is 32.7 Å². The van der Waals surface area contributed by atoms with Crippen LogP contribution in [0.5, 0.6) is 5.75 Å². The van der Waals surface area contributed by atoms with Gasteiger partial charge in [0.15, 0.2) is 0 Å². The first-order chi connectivity index (χ1) is 11.9. The van der Waals surface area contributed by atoms with Gasteiger partial charge in [-0.3, -0.25) is 19.7 Å². The van der Waals surface area contributed by atoms with Crippen molar-refractivity contribution in [1.82, 2.24) is 10.6 Å². The Balaban J connectivity index is 0.00000625. The summed E-state index contributed by atoms with van der Waals surface area (Å²) in [4.78, 5) is 34.7. The Morgan fingerprint density at radius 1 is 1.19 bits per heavy atom. The van der Waals surface area contributed by atoms with Crippen LogP contribution in [0.15, 0.2) is 18.2 Å². The predicted molar refractivity (Wildman–Crippen MR) is 101 cm³/mol. The Kier molecular flexibility index (Phi) is 11.0. The fourth-order valence-corrected chi connectivity index (χ4v) is 2.17. The molecule has 1 rings (SSSR count). The van der Waals surface area contributed by atoms with Crippen LogP contribution in [0, 0.1) is 6.92 Å². The van der Waals surface area contributed by atoms with E-state index < -0.39 is 23.8 Å². The summed E-state index contributed by atoms with van der Waals surface area (Å²) < 4.78 is 5.17. The first-order valence-corrected chi connectivity index (χ1v) is 8.04. The third kappa shape index (κ3) is 8.17. The molecule has 0 spiro atoms. The van der Waals surface area contributed by atoms with Crippen molar-refractivity contribution in [3.63, 3.8) is 0 Å². The van der Waals surface area contributed by atoms with Gasteiger partial charge >= 0.3 is 5.97 Å². The van der Waals surface area contributed by atoms with Crippen molar-refractivity contribution in [3.8, 4) is 5.75 Å². The average molecular weight is 388 g/mol. The molecule has 0 bridgehead atoms. The molecule has 2 amide bonds. The van der Waals surface area contributed by atoms with E-state index in [9.17, 15) is 14.4 Å². The number of nitrogens with one attached hydrogen (secondary N) is 3. The molecule has 4 N–H and O–H groups in total. The first-order valence-electron chi connectivity index (χ1n) is 8.04. The molecule has 26 heavy (non-hydrogen) atoms. The summed E-state index contributed by atoms with van der Waals surface area (Å²) in [6, 6.07) is 4.59. The summed E-state index contributed by atoms with van der Waals surface area (Å²) in [5.41, 5.74) is 1.48. The molecule has 0 saturated carbocycles. The molecule has 1 aromatic carbocycles. The van der Waals surface area contributed by atoms with E-state index in [-0.39, 0.29) is 25.5 Å². The summed E-state index contributed by atoms with van der Waals surface area (Å²) in [5.74, 6) is -1.33. The van der Waals surface area contributed by atoms with Crippen LogP contribution < -0.4 is 20.7 Å². The number of hydrogen-bond donors (Lipinski definition) is 4. The van der Waals surface area contributed by atoms with Gasteiger partial charge in [0.2, 0.25) is 11.8 Å². The number of carboxylic acids is 1. The van der Waals surface area contributed by atoms with Gasteiger partial charge in [-0.05, 0) is 31.0 Å². The van der Waals surface area contributed by atoms with Crippen LogP contribution in [0.2, 0.25) is 0 Å². The topological polar surface area (TPSA) is 117 Å². The molecule has 0 heterocycles. The minimum atomic E-state index is -1.00. The Labute approximate surface area is 159 Å². The van der Waals surface area contributed by atoms with Crippen molar-refractivity contribution < 1.29 is 24.2 Å². The Morgan fingerprint density at radius 2 is 1.88 bits per heavy atom. The maximum absolute atomic E-state index is 11.9. The molecule has 0 saturated heterocycles. The number of amides is 2. The highest BCUT2D eigenvalue weighted by molar-refractivity contribution is 5.96. The highest BCUT2D eigenvalue weighted by atomic mass is 35.5. The zero-order valence-corrected chi connectivity index (χ0v) is 15.9. The van der Waals surface area contributed by atoms with Gasteiger partial charge in [-0.2, -0.15) is 0 Å². The van der Waals surface area contributed by atoms with Gasteiger partial charge in [-0.15, -0.1) is 12.4 Å². The largest absolute Gasteiger partial charge is 0.495 e. The number of aliphatic carboxylic acids is 1. The molecular weight excluding hydrogens is 362 g/mol. The Morgan fingerprint density at radius 3 is 2.46 bits per heavy atom. The highest BCUT2D eigenvalue weighted by Crippen LogP contribution is 2.24. The van der Waals surface area contributed by atoms with E-state index >= 15 is 0 Å². The van der Waals surface area contributed by atoms with Gasteiger partial charge in [0.1, 0.15) is 11.8 Å². The number of benzene rings is 1. The first kappa shape index (κ1) is 23.7. The highest BCUT2D eigenvalue weighted by Gasteiger charge is 2.17. The maximum Gasteiger partial charge on any atom is 0.320 e. The van der Waals surface area contributed by atoms with E-state index in [4.69, 9.17) is 9.84 Å². The van der Waals surface area contributed by atoms with E-state index in [1.807, 2.05) is 19.9 Å². The number of rotatable bonds is 10. The number of carbonyl (C=O) groups is 3. The summed E-state index contributed by atoms with van der Waals surface area (Å²) in [6.07, 6.45) is 1.11. The van der Waals surface area contributed by atoms with Gasteiger partial charge in [-0.25, -0.2) is 0 Å². The fourth-order valence-electron chi connectivity index (χ4n) is 2.17. The molecule has 9 heteroatoms. The van der Waals surface area contributed by atoms with E-state index in [1.165, 1.54) is 7.11 Å². The number of aryl methyl sites for hydroxylation is 1. The second kappa shape index (κ2) is 12.1. The number of hydrogen-bond acceptors (Lipinski definition) is 5. The fraction of sp³-hybridized carbons (Fsp3) is 0.471. The number of ether oxygens (including phenoxy) is 1. The lowest BCUT2D eigenvalue weighted by Gasteiger charge is -2.14. The Bertz CT molecular complexity index is 624. The summed E-state index contributed by atoms with van der Waals surface area (Å²) >= 11 is 0.